The van der Waals surface area contributed by atoms with Crippen molar-refractivity contribution in [2.45, 2.75) is 25.4 Å². The first kappa shape index (κ1) is 16.2. The maximum atomic E-state index is 12.6. The summed E-state index contributed by atoms with van der Waals surface area (Å²) in [6.45, 7) is 4.72. The number of rotatable bonds is 2. The Balaban J connectivity index is 1.67. The van der Waals surface area contributed by atoms with Crippen molar-refractivity contribution in [2.75, 3.05) is 13.1 Å². The maximum absolute atomic E-state index is 12.6. The van der Waals surface area contributed by atoms with Gasteiger partial charge in [-0.2, -0.15) is 0 Å². The molecule has 24 heavy (non-hydrogen) atoms. The molecule has 1 fully saturated rings. The molecule has 1 aromatic heterocycles. The van der Waals surface area contributed by atoms with Crippen molar-refractivity contribution in [2.24, 2.45) is 0 Å². The SMILES string of the molecule is CC(C)(O)C#Cc1cccc(C(=O)N2CC(c3ccncc3)C2)c1. The van der Waals surface area contributed by atoms with Gasteiger partial charge in [-0.1, -0.05) is 17.9 Å². The molecular weight excluding hydrogens is 300 g/mol. The number of nitrogens with zero attached hydrogens (tertiary/aromatic N) is 2. The molecular formula is C20H20N2O2. The summed E-state index contributed by atoms with van der Waals surface area (Å²) in [7, 11) is 0. The highest BCUT2D eigenvalue weighted by molar-refractivity contribution is 5.95. The third-order valence-corrected chi connectivity index (χ3v) is 3.97. The molecule has 122 valence electrons. The highest BCUT2D eigenvalue weighted by Crippen LogP contribution is 2.27. The van der Waals surface area contributed by atoms with Gasteiger partial charge in [-0.15, -0.1) is 0 Å². The molecule has 0 aliphatic carbocycles. The first-order valence-electron chi connectivity index (χ1n) is 7.97. The van der Waals surface area contributed by atoms with E-state index in [1.165, 1.54) is 5.56 Å². The minimum Gasteiger partial charge on any atom is -0.378 e. The van der Waals surface area contributed by atoms with Crippen LogP contribution in [0.2, 0.25) is 0 Å². The van der Waals surface area contributed by atoms with E-state index in [9.17, 15) is 9.90 Å². The number of likely N-dealkylation sites (tertiary alicyclic amines) is 1. The Bertz CT molecular complexity index is 792. The molecule has 0 radical (unpaired) electrons. The summed E-state index contributed by atoms with van der Waals surface area (Å²) in [6, 6.07) is 11.2. The standard InChI is InChI=1S/C20H20N2O2/c1-20(2,24)9-6-15-4-3-5-17(12-15)19(23)22-13-18(14-22)16-7-10-21-11-8-16/h3-5,7-8,10-12,18,24H,13-14H2,1-2H3. The zero-order chi connectivity index (χ0) is 17.2. The highest BCUT2D eigenvalue weighted by Gasteiger charge is 2.32. The van der Waals surface area contributed by atoms with Crippen LogP contribution >= 0.6 is 0 Å². The van der Waals surface area contributed by atoms with Crippen LogP contribution in [0, 0.1) is 11.8 Å². The van der Waals surface area contributed by atoms with E-state index < -0.39 is 5.60 Å². The van der Waals surface area contributed by atoms with Crippen LogP contribution in [0.3, 0.4) is 0 Å². The topological polar surface area (TPSA) is 53.4 Å². The quantitative estimate of drug-likeness (QED) is 0.865. The average molecular weight is 320 g/mol. The van der Waals surface area contributed by atoms with Gasteiger partial charge in [0.2, 0.25) is 0 Å². The van der Waals surface area contributed by atoms with Crippen molar-refractivity contribution in [3.8, 4) is 11.8 Å². The Morgan fingerprint density at radius 2 is 1.96 bits per heavy atom. The predicted molar refractivity (Wildman–Crippen MR) is 92.5 cm³/mol. The van der Waals surface area contributed by atoms with Crippen LogP contribution in [0.15, 0.2) is 48.8 Å². The van der Waals surface area contributed by atoms with E-state index in [1.54, 1.807) is 38.4 Å². The minimum atomic E-state index is -1.05. The molecule has 0 bridgehead atoms. The molecule has 0 unspecified atom stereocenters. The molecule has 1 aromatic carbocycles. The van der Waals surface area contributed by atoms with E-state index in [2.05, 4.69) is 16.8 Å². The number of pyridine rings is 1. The van der Waals surface area contributed by atoms with Crippen molar-refractivity contribution in [3.05, 3.63) is 65.5 Å². The van der Waals surface area contributed by atoms with E-state index in [0.717, 1.165) is 18.7 Å². The molecule has 1 N–H and O–H groups in total. The van der Waals surface area contributed by atoms with Gasteiger partial charge in [0, 0.05) is 42.5 Å². The van der Waals surface area contributed by atoms with Gasteiger partial charge in [0.05, 0.1) is 0 Å². The number of benzene rings is 1. The van der Waals surface area contributed by atoms with Crippen LogP contribution in [0.25, 0.3) is 0 Å². The lowest BCUT2D eigenvalue weighted by Gasteiger charge is -2.39. The zero-order valence-corrected chi connectivity index (χ0v) is 13.9. The molecule has 3 rings (SSSR count). The van der Waals surface area contributed by atoms with Crippen molar-refractivity contribution in [3.63, 3.8) is 0 Å². The summed E-state index contributed by atoms with van der Waals surface area (Å²) < 4.78 is 0. The Hall–Kier alpha value is -2.64. The number of carbonyl (C=O) groups excluding carboxylic acids is 1. The lowest BCUT2D eigenvalue weighted by Crippen LogP contribution is -2.48. The van der Waals surface area contributed by atoms with E-state index in [-0.39, 0.29) is 5.91 Å². The van der Waals surface area contributed by atoms with Crippen LogP contribution in [0.4, 0.5) is 0 Å². The van der Waals surface area contributed by atoms with Crippen molar-refractivity contribution in [1.82, 2.24) is 9.88 Å². The second-order valence-corrected chi connectivity index (χ2v) is 6.58. The van der Waals surface area contributed by atoms with Crippen LogP contribution < -0.4 is 0 Å². The number of aliphatic hydroxyl groups is 1. The molecule has 2 heterocycles. The molecule has 4 heteroatoms. The second-order valence-electron chi connectivity index (χ2n) is 6.58. The minimum absolute atomic E-state index is 0.0206. The van der Waals surface area contributed by atoms with Gasteiger partial charge in [-0.05, 0) is 49.7 Å². The number of hydrogen-bond donors (Lipinski definition) is 1. The van der Waals surface area contributed by atoms with E-state index >= 15 is 0 Å². The number of aromatic nitrogens is 1. The van der Waals surface area contributed by atoms with Crippen molar-refractivity contribution in [1.29, 1.82) is 0 Å². The number of carbonyl (C=O) groups is 1. The number of amides is 1. The van der Waals surface area contributed by atoms with E-state index in [4.69, 9.17) is 0 Å². The van der Waals surface area contributed by atoms with E-state index in [0.29, 0.717) is 11.5 Å². The van der Waals surface area contributed by atoms with Crippen LogP contribution in [0.1, 0.15) is 41.3 Å². The molecule has 4 nitrogen and oxygen atoms in total. The van der Waals surface area contributed by atoms with Crippen LogP contribution in [0.5, 0.6) is 0 Å². The van der Waals surface area contributed by atoms with Gasteiger partial charge in [0.25, 0.3) is 5.91 Å². The Kier molecular flexibility index (Phi) is 4.37. The molecule has 1 amide bonds. The molecule has 1 aliphatic rings. The molecule has 0 saturated carbocycles. The maximum Gasteiger partial charge on any atom is 0.253 e. The third-order valence-electron chi connectivity index (χ3n) is 3.97. The Morgan fingerprint density at radius 3 is 2.62 bits per heavy atom. The van der Waals surface area contributed by atoms with Gasteiger partial charge in [0.15, 0.2) is 0 Å². The first-order chi connectivity index (χ1) is 11.4. The van der Waals surface area contributed by atoms with Gasteiger partial charge in [-0.3, -0.25) is 9.78 Å². The van der Waals surface area contributed by atoms with Crippen LogP contribution in [-0.4, -0.2) is 39.6 Å². The molecule has 0 atom stereocenters. The average Bonchev–Trinajstić information content (AvgIpc) is 2.52. The largest absolute Gasteiger partial charge is 0.378 e. The summed E-state index contributed by atoms with van der Waals surface area (Å²) in [5.74, 6) is 6.08. The number of hydrogen-bond acceptors (Lipinski definition) is 3. The van der Waals surface area contributed by atoms with E-state index in [1.807, 2.05) is 29.2 Å². The smallest absolute Gasteiger partial charge is 0.253 e. The van der Waals surface area contributed by atoms with Crippen LogP contribution in [-0.2, 0) is 0 Å². The summed E-state index contributed by atoms with van der Waals surface area (Å²) in [4.78, 5) is 18.4. The summed E-state index contributed by atoms with van der Waals surface area (Å²) in [5.41, 5.74) is 1.54. The third kappa shape index (κ3) is 3.81. The van der Waals surface area contributed by atoms with Gasteiger partial charge in [-0.25, -0.2) is 0 Å². The van der Waals surface area contributed by atoms with Crippen molar-refractivity contribution < 1.29 is 9.90 Å². The van der Waals surface area contributed by atoms with Crippen molar-refractivity contribution >= 4 is 5.91 Å². The fourth-order valence-corrected chi connectivity index (χ4v) is 2.63. The summed E-state index contributed by atoms with van der Waals surface area (Å²) in [5, 5.41) is 9.68. The molecule has 1 aliphatic heterocycles. The molecule has 0 spiro atoms. The highest BCUT2D eigenvalue weighted by atomic mass is 16.3. The zero-order valence-electron chi connectivity index (χ0n) is 13.9. The second kappa shape index (κ2) is 6.46. The fourth-order valence-electron chi connectivity index (χ4n) is 2.63. The summed E-state index contributed by atoms with van der Waals surface area (Å²) in [6.07, 6.45) is 3.56. The normalized spacial score (nSPS) is 14.5. The Labute approximate surface area is 142 Å². The molecule has 2 aromatic rings. The Morgan fingerprint density at radius 1 is 1.25 bits per heavy atom. The van der Waals surface area contributed by atoms with Gasteiger partial charge in [0.1, 0.15) is 5.60 Å². The molecule has 1 saturated heterocycles. The van der Waals surface area contributed by atoms with Gasteiger partial charge < -0.3 is 10.0 Å². The predicted octanol–water partition coefficient (Wildman–Crippen LogP) is 2.44. The first-order valence-corrected chi connectivity index (χ1v) is 7.97. The van der Waals surface area contributed by atoms with Gasteiger partial charge >= 0.3 is 0 Å². The lowest BCUT2D eigenvalue weighted by molar-refractivity contribution is 0.0602. The fraction of sp³-hybridized carbons (Fsp3) is 0.300. The summed E-state index contributed by atoms with van der Waals surface area (Å²) >= 11 is 0. The monoisotopic (exact) mass is 320 g/mol. The lowest BCUT2D eigenvalue weighted by atomic mass is 9.91.